The lowest BCUT2D eigenvalue weighted by atomic mass is 9.83. The molecule has 2 N–H and O–H groups in total. The molecule has 3 aromatic carbocycles. The number of nitrogens with one attached hydrogen (secondary N) is 2. The Balaban J connectivity index is 1.35. The Bertz CT molecular complexity index is 1530. The minimum atomic E-state index is -0.862. The number of carbonyl (C=O) groups excluding carboxylic acids is 5. The Hall–Kier alpha value is -4.21. The molecule has 1 aliphatic carbocycles. The molecule has 1 aliphatic heterocycles. The summed E-state index contributed by atoms with van der Waals surface area (Å²) in [6.45, 7) is 2.62. The third-order valence-corrected chi connectivity index (χ3v) is 9.35. The van der Waals surface area contributed by atoms with E-state index in [2.05, 4.69) is 15.5 Å². The average molecular weight is 640 g/mol. The van der Waals surface area contributed by atoms with Gasteiger partial charge in [0.25, 0.3) is 0 Å². The standard InChI is InChI=1S/C38H45N3O6/c42-26-32(22-30-12-5-7-16-35(30)43)39-38(46)31(25-41-17-19-47-20-18-41)24-36(44)34(40-37(45)21-27-9-2-1-3-10-27)23-29-14-8-13-28-11-4-6-15-33(28)29/h1-4,6,8-11,13-15,26,30-32,34H,5,7,12,16-25H2,(H,39,46)(H,40,45)/t30-,31-,32-,34-/m0/s1. The summed E-state index contributed by atoms with van der Waals surface area (Å²) in [6, 6.07) is 21.5. The van der Waals surface area contributed by atoms with E-state index in [-0.39, 0.29) is 49.1 Å². The van der Waals surface area contributed by atoms with E-state index in [1.807, 2.05) is 72.8 Å². The number of amides is 2. The van der Waals surface area contributed by atoms with Crippen LogP contribution in [0.15, 0.2) is 72.8 Å². The van der Waals surface area contributed by atoms with Gasteiger partial charge < -0.3 is 20.2 Å². The summed E-state index contributed by atoms with van der Waals surface area (Å²) in [5.41, 5.74) is 1.76. The maximum atomic E-state index is 14.2. The Labute approximate surface area is 276 Å². The van der Waals surface area contributed by atoms with Gasteiger partial charge in [0.05, 0.1) is 37.6 Å². The second kappa shape index (κ2) is 17.1. The van der Waals surface area contributed by atoms with Gasteiger partial charge in [0.2, 0.25) is 11.8 Å². The fourth-order valence-corrected chi connectivity index (χ4v) is 6.74. The Morgan fingerprint density at radius 1 is 0.915 bits per heavy atom. The molecule has 9 heteroatoms. The fraction of sp³-hybridized carbons (Fsp3) is 0.447. The highest BCUT2D eigenvalue weighted by molar-refractivity contribution is 5.94. The highest BCUT2D eigenvalue weighted by Crippen LogP contribution is 2.25. The maximum Gasteiger partial charge on any atom is 0.225 e. The van der Waals surface area contributed by atoms with E-state index < -0.39 is 23.9 Å². The van der Waals surface area contributed by atoms with Gasteiger partial charge in [-0.3, -0.25) is 24.1 Å². The van der Waals surface area contributed by atoms with E-state index in [4.69, 9.17) is 4.74 Å². The third kappa shape index (κ3) is 9.89. The van der Waals surface area contributed by atoms with Crippen LogP contribution in [0, 0.1) is 11.8 Å². The van der Waals surface area contributed by atoms with Crippen molar-refractivity contribution in [3.8, 4) is 0 Å². The van der Waals surface area contributed by atoms with Crippen LogP contribution in [0.3, 0.4) is 0 Å². The van der Waals surface area contributed by atoms with Crippen LogP contribution >= 0.6 is 0 Å². The van der Waals surface area contributed by atoms with Crippen LogP contribution in [-0.2, 0) is 41.6 Å². The van der Waals surface area contributed by atoms with Crippen molar-refractivity contribution in [1.82, 2.24) is 15.5 Å². The van der Waals surface area contributed by atoms with E-state index >= 15 is 0 Å². The van der Waals surface area contributed by atoms with Gasteiger partial charge >= 0.3 is 0 Å². The fourth-order valence-electron chi connectivity index (χ4n) is 6.74. The highest BCUT2D eigenvalue weighted by atomic mass is 16.5. The van der Waals surface area contributed by atoms with E-state index in [1.165, 1.54) is 0 Å². The first-order chi connectivity index (χ1) is 22.9. The van der Waals surface area contributed by atoms with Crippen molar-refractivity contribution in [2.75, 3.05) is 32.8 Å². The van der Waals surface area contributed by atoms with Crippen molar-refractivity contribution < 1.29 is 28.7 Å². The molecule has 1 heterocycles. The van der Waals surface area contributed by atoms with Crippen LogP contribution in [0.2, 0.25) is 0 Å². The normalized spacial score (nSPS) is 19.0. The van der Waals surface area contributed by atoms with Gasteiger partial charge in [0.1, 0.15) is 12.1 Å². The van der Waals surface area contributed by atoms with Crippen molar-refractivity contribution in [2.45, 2.75) is 63.5 Å². The van der Waals surface area contributed by atoms with Crippen molar-refractivity contribution in [3.05, 3.63) is 83.9 Å². The van der Waals surface area contributed by atoms with Crippen molar-refractivity contribution >= 4 is 40.4 Å². The number of rotatable bonds is 15. The first-order valence-electron chi connectivity index (χ1n) is 16.8. The third-order valence-electron chi connectivity index (χ3n) is 9.35. The molecule has 4 atom stereocenters. The second-order valence-corrected chi connectivity index (χ2v) is 12.8. The van der Waals surface area contributed by atoms with Crippen LogP contribution < -0.4 is 10.6 Å². The second-order valence-electron chi connectivity index (χ2n) is 12.8. The molecule has 1 saturated carbocycles. The van der Waals surface area contributed by atoms with Crippen LogP contribution in [0.4, 0.5) is 0 Å². The van der Waals surface area contributed by atoms with E-state index in [9.17, 15) is 24.0 Å². The lowest BCUT2D eigenvalue weighted by molar-refractivity contribution is -0.134. The van der Waals surface area contributed by atoms with Crippen LogP contribution in [0.5, 0.6) is 0 Å². The zero-order valence-electron chi connectivity index (χ0n) is 26.9. The Morgan fingerprint density at radius 2 is 1.66 bits per heavy atom. The minimum absolute atomic E-state index is 0.113. The predicted octanol–water partition coefficient (Wildman–Crippen LogP) is 3.85. The molecule has 0 spiro atoms. The SMILES string of the molecule is O=C[C@H](C[C@@H]1CCCCC1=O)NC(=O)[C@@H](CC(=O)[C@H](Cc1cccc2ccccc12)NC(=O)Cc1ccccc1)CN1CCOCC1. The molecule has 0 aromatic heterocycles. The van der Waals surface area contributed by atoms with Gasteiger partial charge in [0, 0.05) is 44.8 Å². The zero-order chi connectivity index (χ0) is 33.0. The molecule has 47 heavy (non-hydrogen) atoms. The number of nitrogens with zero attached hydrogens (tertiary/aromatic N) is 1. The van der Waals surface area contributed by atoms with E-state index in [0.717, 1.165) is 34.7 Å². The van der Waals surface area contributed by atoms with Crippen molar-refractivity contribution in [3.63, 3.8) is 0 Å². The van der Waals surface area contributed by atoms with Gasteiger partial charge in [-0.2, -0.15) is 0 Å². The summed E-state index contributed by atoms with van der Waals surface area (Å²) in [4.78, 5) is 67.9. The topological polar surface area (TPSA) is 122 Å². The molecule has 248 valence electrons. The molecule has 2 amide bonds. The van der Waals surface area contributed by atoms with E-state index in [1.54, 1.807) is 0 Å². The zero-order valence-corrected chi connectivity index (χ0v) is 26.9. The molecule has 2 fully saturated rings. The Kier molecular flexibility index (Phi) is 12.4. The average Bonchev–Trinajstić information content (AvgIpc) is 3.09. The first kappa shape index (κ1) is 34.1. The number of ether oxygens (including phenoxy) is 1. The number of carbonyl (C=O) groups is 5. The number of fused-ring (bicyclic) bond motifs is 1. The van der Waals surface area contributed by atoms with Crippen LogP contribution in [0.1, 0.15) is 49.7 Å². The van der Waals surface area contributed by atoms with Gasteiger partial charge in [-0.25, -0.2) is 0 Å². The van der Waals surface area contributed by atoms with Crippen molar-refractivity contribution in [1.29, 1.82) is 0 Å². The van der Waals surface area contributed by atoms with Gasteiger partial charge in [-0.1, -0.05) is 79.2 Å². The monoisotopic (exact) mass is 639 g/mol. The number of hydrogen-bond acceptors (Lipinski definition) is 7. The molecule has 5 rings (SSSR count). The van der Waals surface area contributed by atoms with Gasteiger partial charge in [-0.05, 0) is 41.2 Å². The number of hydrogen-bond donors (Lipinski definition) is 2. The molecule has 3 aromatic rings. The number of benzene rings is 3. The number of Topliss-reactive ketones (excluding diaryl/α,β-unsaturated/α-hetero) is 2. The minimum Gasteiger partial charge on any atom is -0.379 e. The summed E-state index contributed by atoms with van der Waals surface area (Å²) in [5.74, 6) is -1.79. The molecule has 0 bridgehead atoms. The predicted molar refractivity (Wildman–Crippen MR) is 180 cm³/mol. The van der Waals surface area contributed by atoms with Gasteiger partial charge in [0.15, 0.2) is 5.78 Å². The quantitative estimate of drug-likeness (QED) is 0.242. The first-order valence-corrected chi connectivity index (χ1v) is 16.8. The van der Waals surface area contributed by atoms with Crippen LogP contribution in [0.25, 0.3) is 10.8 Å². The molecule has 2 aliphatic rings. The molecule has 0 unspecified atom stereocenters. The summed E-state index contributed by atoms with van der Waals surface area (Å²) >= 11 is 0. The lowest BCUT2D eigenvalue weighted by Gasteiger charge is -2.31. The molecule has 0 radical (unpaired) electrons. The summed E-state index contributed by atoms with van der Waals surface area (Å²) in [6.07, 6.45) is 4.26. The molecular weight excluding hydrogens is 594 g/mol. The van der Waals surface area contributed by atoms with Crippen molar-refractivity contribution in [2.24, 2.45) is 11.8 Å². The largest absolute Gasteiger partial charge is 0.379 e. The maximum absolute atomic E-state index is 14.2. The number of aldehydes is 1. The highest BCUT2D eigenvalue weighted by Gasteiger charge is 2.32. The van der Waals surface area contributed by atoms with Crippen LogP contribution in [-0.4, -0.2) is 79.5 Å². The van der Waals surface area contributed by atoms with E-state index in [0.29, 0.717) is 52.0 Å². The summed E-state index contributed by atoms with van der Waals surface area (Å²) < 4.78 is 5.50. The molecule has 9 nitrogen and oxygen atoms in total. The Morgan fingerprint density at radius 3 is 2.43 bits per heavy atom. The molecule has 1 saturated heterocycles. The summed E-state index contributed by atoms with van der Waals surface area (Å²) in [5, 5.41) is 7.88. The summed E-state index contributed by atoms with van der Waals surface area (Å²) in [7, 11) is 0. The number of morpholine rings is 1. The lowest BCUT2D eigenvalue weighted by Crippen LogP contribution is -2.49. The smallest absolute Gasteiger partial charge is 0.225 e. The number of ketones is 2. The van der Waals surface area contributed by atoms with Gasteiger partial charge in [-0.15, -0.1) is 0 Å². The molecular formula is C38H45N3O6.